The van der Waals surface area contributed by atoms with Crippen LogP contribution >= 0.6 is 0 Å². The van der Waals surface area contributed by atoms with E-state index in [1.807, 2.05) is 62.4 Å². The Morgan fingerprint density at radius 2 is 1.92 bits per heavy atom. The molecule has 5 heteroatoms. The lowest BCUT2D eigenvalue weighted by atomic mass is 9.83. The number of oxazole rings is 1. The van der Waals surface area contributed by atoms with Crippen LogP contribution < -0.4 is 5.43 Å². The van der Waals surface area contributed by atoms with E-state index >= 15 is 0 Å². The van der Waals surface area contributed by atoms with E-state index in [2.05, 4.69) is 15.5 Å². The van der Waals surface area contributed by atoms with Gasteiger partial charge in [-0.2, -0.15) is 5.10 Å². The van der Waals surface area contributed by atoms with E-state index in [9.17, 15) is 4.79 Å². The molecule has 1 aromatic heterocycles. The molecule has 4 rings (SSSR count). The highest BCUT2D eigenvalue weighted by Crippen LogP contribution is 2.28. The fourth-order valence-corrected chi connectivity index (χ4v) is 3.37. The standard InChI is InChI=1S/C20H19N3O2/c1-3-15-12(2)18(22-23-19(15)24)14-9-10-16-17(11-14)25-20(21-16)13-7-5-4-6-8-13/h4-12,15H,3H2,1-2H3,(H,23,24). The van der Waals surface area contributed by atoms with Gasteiger partial charge in [0.05, 0.1) is 5.71 Å². The molecule has 2 atom stereocenters. The van der Waals surface area contributed by atoms with E-state index in [0.29, 0.717) is 5.89 Å². The van der Waals surface area contributed by atoms with Crippen molar-refractivity contribution in [1.29, 1.82) is 0 Å². The van der Waals surface area contributed by atoms with E-state index in [-0.39, 0.29) is 17.7 Å². The number of hydrogen-bond acceptors (Lipinski definition) is 4. The summed E-state index contributed by atoms with van der Waals surface area (Å²) < 4.78 is 5.94. The van der Waals surface area contributed by atoms with Crippen molar-refractivity contribution >= 4 is 22.7 Å². The van der Waals surface area contributed by atoms with Gasteiger partial charge < -0.3 is 4.42 Å². The number of aromatic nitrogens is 1. The number of carbonyl (C=O) groups is 1. The van der Waals surface area contributed by atoms with Crippen molar-refractivity contribution in [3.8, 4) is 11.5 Å². The molecular weight excluding hydrogens is 314 g/mol. The minimum absolute atomic E-state index is 0.00847. The summed E-state index contributed by atoms with van der Waals surface area (Å²) in [6.07, 6.45) is 0.786. The number of fused-ring (bicyclic) bond motifs is 1. The van der Waals surface area contributed by atoms with Crippen molar-refractivity contribution in [1.82, 2.24) is 10.4 Å². The minimum atomic E-state index is -0.0576. The highest BCUT2D eigenvalue weighted by Gasteiger charge is 2.31. The second-order valence-electron chi connectivity index (χ2n) is 6.34. The molecule has 126 valence electrons. The summed E-state index contributed by atoms with van der Waals surface area (Å²) in [6.45, 7) is 4.07. The molecular formula is C20H19N3O2. The lowest BCUT2D eigenvalue weighted by molar-refractivity contribution is -0.126. The predicted octanol–water partition coefficient (Wildman–Crippen LogP) is 3.99. The number of amides is 1. The van der Waals surface area contributed by atoms with Crippen LogP contribution in [0.4, 0.5) is 0 Å². The summed E-state index contributed by atoms with van der Waals surface area (Å²) in [7, 11) is 0. The Bertz CT molecular complexity index is 959. The average molecular weight is 333 g/mol. The highest BCUT2D eigenvalue weighted by atomic mass is 16.3. The van der Waals surface area contributed by atoms with Gasteiger partial charge in [0.1, 0.15) is 5.52 Å². The minimum Gasteiger partial charge on any atom is -0.436 e. The molecule has 1 aliphatic heterocycles. The van der Waals surface area contributed by atoms with Crippen molar-refractivity contribution < 1.29 is 9.21 Å². The summed E-state index contributed by atoms with van der Waals surface area (Å²) in [6, 6.07) is 15.7. The predicted molar refractivity (Wildman–Crippen MR) is 97.1 cm³/mol. The fraction of sp³-hybridized carbons (Fsp3) is 0.250. The van der Waals surface area contributed by atoms with E-state index < -0.39 is 0 Å². The third kappa shape index (κ3) is 2.71. The van der Waals surface area contributed by atoms with Gasteiger partial charge in [-0.3, -0.25) is 4.79 Å². The van der Waals surface area contributed by atoms with E-state index in [4.69, 9.17) is 4.42 Å². The molecule has 0 aliphatic carbocycles. The maximum Gasteiger partial charge on any atom is 0.243 e. The van der Waals surface area contributed by atoms with Crippen molar-refractivity contribution in [2.75, 3.05) is 0 Å². The first-order chi connectivity index (χ1) is 12.2. The van der Waals surface area contributed by atoms with Gasteiger partial charge >= 0.3 is 0 Å². The summed E-state index contributed by atoms with van der Waals surface area (Å²) in [5, 5.41) is 4.29. The lowest BCUT2D eigenvalue weighted by Crippen LogP contribution is -2.40. The van der Waals surface area contributed by atoms with Gasteiger partial charge in [0, 0.05) is 23.0 Å². The molecule has 0 fully saturated rings. The number of hydrogen-bond donors (Lipinski definition) is 1. The van der Waals surface area contributed by atoms with Crippen LogP contribution in [0.25, 0.3) is 22.6 Å². The Labute approximate surface area is 145 Å². The van der Waals surface area contributed by atoms with Gasteiger partial charge in [0.2, 0.25) is 11.8 Å². The zero-order chi connectivity index (χ0) is 17.4. The molecule has 2 aromatic carbocycles. The quantitative estimate of drug-likeness (QED) is 0.788. The van der Waals surface area contributed by atoms with Gasteiger partial charge in [-0.05, 0) is 30.7 Å². The number of benzene rings is 2. The molecule has 2 unspecified atom stereocenters. The average Bonchev–Trinajstić information content (AvgIpc) is 3.06. The third-order valence-corrected chi connectivity index (χ3v) is 4.80. The van der Waals surface area contributed by atoms with Crippen LogP contribution in [0.2, 0.25) is 0 Å². The van der Waals surface area contributed by atoms with E-state index in [1.165, 1.54) is 0 Å². The largest absolute Gasteiger partial charge is 0.436 e. The van der Waals surface area contributed by atoms with Crippen LogP contribution in [0.1, 0.15) is 25.8 Å². The van der Waals surface area contributed by atoms with Crippen molar-refractivity contribution in [3.63, 3.8) is 0 Å². The number of rotatable bonds is 3. The molecule has 0 spiro atoms. The molecule has 25 heavy (non-hydrogen) atoms. The zero-order valence-electron chi connectivity index (χ0n) is 14.2. The Balaban J connectivity index is 1.73. The molecule has 3 aromatic rings. The maximum atomic E-state index is 11.9. The van der Waals surface area contributed by atoms with Crippen LogP contribution in [0, 0.1) is 11.8 Å². The first kappa shape index (κ1) is 15.6. The van der Waals surface area contributed by atoms with Crippen molar-refractivity contribution in [3.05, 3.63) is 54.1 Å². The van der Waals surface area contributed by atoms with Crippen molar-refractivity contribution in [2.45, 2.75) is 20.3 Å². The molecule has 0 saturated heterocycles. The molecule has 1 amide bonds. The van der Waals surface area contributed by atoms with Gasteiger partial charge in [-0.1, -0.05) is 38.1 Å². The summed E-state index contributed by atoms with van der Waals surface area (Å²) in [4.78, 5) is 16.5. The maximum absolute atomic E-state index is 11.9. The van der Waals surface area contributed by atoms with Gasteiger partial charge in [0.15, 0.2) is 5.58 Å². The molecule has 1 N–H and O–H groups in total. The number of nitrogens with zero attached hydrogens (tertiary/aromatic N) is 2. The Morgan fingerprint density at radius 3 is 2.68 bits per heavy atom. The molecule has 5 nitrogen and oxygen atoms in total. The van der Waals surface area contributed by atoms with Crippen LogP contribution in [-0.2, 0) is 4.79 Å². The third-order valence-electron chi connectivity index (χ3n) is 4.80. The van der Waals surface area contributed by atoms with Crippen LogP contribution in [0.15, 0.2) is 58.0 Å². The van der Waals surface area contributed by atoms with Crippen molar-refractivity contribution in [2.24, 2.45) is 16.9 Å². The van der Waals surface area contributed by atoms with Gasteiger partial charge in [0.25, 0.3) is 0 Å². The fourth-order valence-electron chi connectivity index (χ4n) is 3.37. The summed E-state index contributed by atoms with van der Waals surface area (Å²) in [5.74, 6) is 0.600. The molecule has 0 bridgehead atoms. The number of carbonyl (C=O) groups excluding carboxylic acids is 1. The number of hydrazone groups is 1. The van der Waals surface area contributed by atoms with Crippen LogP contribution in [0.5, 0.6) is 0 Å². The molecule has 0 radical (unpaired) electrons. The van der Waals surface area contributed by atoms with E-state index in [0.717, 1.165) is 34.4 Å². The van der Waals surface area contributed by atoms with Crippen LogP contribution in [0.3, 0.4) is 0 Å². The van der Waals surface area contributed by atoms with E-state index in [1.54, 1.807) is 0 Å². The zero-order valence-corrected chi connectivity index (χ0v) is 14.2. The first-order valence-corrected chi connectivity index (χ1v) is 8.51. The number of nitrogens with one attached hydrogen (secondary N) is 1. The first-order valence-electron chi connectivity index (χ1n) is 8.51. The highest BCUT2D eigenvalue weighted by molar-refractivity contribution is 6.07. The van der Waals surface area contributed by atoms with Gasteiger partial charge in [-0.15, -0.1) is 0 Å². The molecule has 0 saturated carbocycles. The Kier molecular flexibility index (Phi) is 3.84. The second kappa shape index (κ2) is 6.16. The topological polar surface area (TPSA) is 67.5 Å². The molecule has 2 heterocycles. The summed E-state index contributed by atoms with van der Waals surface area (Å²) in [5.41, 5.74) is 6.95. The SMILES string of the molecule is CCC1C(=O)NN=C(c2ccc3nc(-c4ccccc4)oc3c2)C1C. The monoisotopic (exact) mass is 333 g/mol. The molecule has 1 aliphatic rings. The van der Waals surface area contributed by atoms with Crippen LogP contribution in [-0.4, -0.2) is 16.6 Å². The normalized spacial score (nSPS) is 20.4. The Hall–Kier alpha value is -2.95. The smallest absolute Gasteiger partial charge is 0.243 e. The van der Waals surface area contributed by atoms with Gasteiger partial charge in [-0.25, -0.2) is 10.4 Å². The Morgan fingerprint density at radius 1 is 1.12 bits per heavy atom. The second-order valence-corrected chi connectivity index (χ2v) is 6.34. The lowest BCUT2D eigenvalue weighted by Gasteiger charge is -2.27. The summed E-state index contributed by atoms with van der Waals surface area (Å²) >= 11 is 0.